The van der Waals surface area contributed by atoms with Crippen molar-refractivity contribution in [1.29, 1.82) is 0 Å². The molecule has 0 saturated carbocycles. The summed E-state index contributed by atoms with van der Waals surface area (Å²) in [5.74, 6) is -3.19. The van der Waals surface area contributed by atoms with Crippen LogP contribution in [0.2, 0.25) is 0 Å². The molecule has 1 aromatic carbocycles. The standard InChI is InChI=1S/C16H13F2N3O3S2/c17-15(18)26-11-4-2-1-3-9(11)13(22)19-6-7-21-14(23)12-10(5-8-25-12)20-16(21)24/h1-5,8,15H,6-7H2,(H,19,22)(H,20,24). The zero-order valence-corrected chi connectivity index (χ0v) is 14.8. The number of aromatic amines is 1. The molecule has 10 heteroatoms. The summed E-state index contributed by atoms with van der Waals surface area (Å²) < 4.78 is 26.6. The number of carbonyl (C=O) groups is 1. The Bertz CT molecular complexity index is 1060. The molecule has 136 valence electrons. The zero-order chi connectivity index (χ0) is 18.7. The largest absolute Gasteiger partial charge is 0.350 e. The molecule has 0 radical (unpaired) electrons. The summed E-state index contributed by atoms with van der Waals surface area (Å²) in [6.07, 6.45) is 0. The fourth-order valence-corrected chi connectivity index (χ4v) is 3.84. The summed E-state index contributed by atoms with van der Waals surface area (Å²) >= 11 is 1.50. The van der Waals surface area contributed by atoms with Crippen molar-refractivity contribution in [2.75, 3.05) is 6.54 Å². The highest BCUT2D eigenvalue weighted by atomic mass is 32.2. The number of rotatable bonds is 6. The van der Waals surface area contributed by atoms with Crippen LogP contribution in [0.1, 0.15) is 10.4 Å². The molecular formula is C16H13F2N3O3S2. The molecule has 0 saturated heterocycles. The molecule has 0 unspecified atom stereocenters. The summed E-state index contributed by atoms with van der Waals surface area (Å²) in [5, 5.41) is 4.25. The molecule has 3 aromatic rings. The van der Waals surface area contributed by atoms with Gasteiger partial charge in [0.25, 0.3) is 17.2 Å². The van der Waals surface area contributed by atoms with Crippen LogP contribution in [0.5, 0.6) is 0 Å². The number of thioether (sulfide) groups is 1. The van der Waals surface area contributed by atoms with Gasteiger partial charge < -0.3 is 10.3 Å². The monoisotopic (exact) mass is 397 g/mol. The van der Waals surface area contributed by atoms with Crippen LogP contribution in [0.25, 0.3) is 10.2 Å². The molecule has 0 bridgehead atoms. The van der Waals surface area contributed by atoms with Crippen molar-refractivity contribution in [1.82, 2.24) is 14.9 Å². The predicted molar refractivity (Wildman–Crippen MR) is 97.3 cm³/mol. The van der Waals surface area contributed by atoms with Gasteiger partial charge in [-0.2, -0.15) is 8.78 Å². The van der Waals surface area contributed by atoms with Crippen molar-refractivity contribution < 1.29 is 13.6 Å². The van der Waals surface area contributed by atoms with E-state index in [2.05, 4.69) is 10.3 Å². The van der Waals surface area contributed by atoms with E-state index in [9.17, 15) is 23.2 Å². The molecule has 0 atom stereocenters. The number of hydrogen-bond donors (Lipinski definition) is 2. The van der Waals surface area contributed by atoms with Gasteiger partial charge in [-0.25, -0.2) is 4.79 Å². The average molecular weight is 397 g/mol. The summed E-state index contributed by atoms with van der Waals surface area (Å²) in [7, 11) is 0. The van der Waals surface area contributed by atoms with Gasteiger partial charge in [0.2, 0.25) is 0 Å². The quantitative estimate of drug-likeness (QED) is 0.626. The van der Waals surface area contributed by atoms with Crippen molar-refractivity contribution >= 4 is 39.2 Å². The summed E-state index contributed by atoms with van der Waals surface area (Å²) in [6.45, 7) is -0.0235. The Labute approximate surface area is 153 Å². The number of carbonyl (C=O) groups excluding carboxylic acids is 1. The lowest BCUT2D eigenvalue weighted by molar-refractivity contribution is 0.0949. The molecule has 3 rings (SSSR count). The Morgan fingerprint density at radius 3 is 2.81 bits per heavy atom. The molecule has 0 fully saturated rings. The highest BCUT2D eigenvalue weighted by Gasteiger charge is 2.15. The van der Waals surface area contributed by atoms with Gasteiger partial charge in [0.1, 0.15) is 4.70 Å². The Hall–Kier alpha value is -2.46. The maximum absolute atomic E-state index is 12.6. The smallest absolute Gasteiger partial charge is 0.328 e. The van der Waals surface area contributed by atoms with Gasteiger partial charge in [0.15, 0.2) is 0 Å². The van der Waals surface area contributed by atoms with Crippen molar-refractivity contribution in [3.63, 3.8) is 0 Å². The molecule has 0 aliphatic carbocycles. The fourth-order valence-electron chi connectivity index (χ4n) is 2.40. The first-order valence-corrected chi connectivity index (χ1v) is 9.25. The zero-order valence-electron chi connectivity index (χ0n) is 13.2. The predicted octanol–water partition coefficient (Wildman–Crippen LogP) is 2.50. The van der Waals surface area contributed by atoms with Gasteiger partial charge in [0.05, 0.1) is 11.1 Å². The van der Waals surface area contributed by atoms with E-state index in [1.165, 1.54) is 23.5 Å². The second-order valence-corrected chi connectivity index (χ2v) is 7.13. The lowest BCUT2D eigenvalue weighted by Crippen LogP contribution is -2.38. The van der Waals surface area contributed by atoms with Crippen LogP contribution in [0.4, 0.5) is 8.78 Å². The second-order valence-electron chi connectivity index (χ2n) is 5.18. The molecule has 2 heterocycles. The Morgan fingerprint density at radius 2 is 2.04 bits per heavy atom. The lowest BCUT2D eigenvalue weighted by atomic mass is 10.2. The van der Waals surface area contributed by atoms with E-state index in [0.717, 1.165) is 4.57 Å². The maximum atomic E-state index is 12.6. The topological polar surface area (TPSA) is 84.0 Å². The first-order valence-electron chi connectivity index (χ1n) is 7.49. The van der Waals surface area contributed by atoms with Gasteiger partial charge in [-0.3, -0.25) is 14.2 Å². The van der Waals surface area contributed by atoms with E-state index in [1.807, 2.05) is 0 Å². The van der Waals surface area contributed by atoms with Crippen LogP contribution in [0, 0.1) is 0 Å². The SMILES string of the molecule is O=C(NCCn1c(=O)[nH]c2ccsc2c1=O)c1ccccc1SC(F)F. The summed E-state index contributed by atoms with van der Waals surface area (Å²) in [6, 6.07) is 7.66. The highest BCUT2D eigenvalue weighted by molar-refractivity contribution is 7.99. The Kier molecular flexibility index (Phi) is 5.52. The summed E-state index contributed by atoms with van der Waals surface area (Å²) in [4.78, 5) is 39.3. The molecule has 2 aromatic heterocycles. The number of H-pyrrole nitrogens is 1. The first kappa shape index (κ1) is 18.3. The Morgan fingerprint density at radius 1 is 1.27 bits per heavy atom. The van der Waals surface area contributed by atoms with E-state index in [-0.39, 0.29) is 35.3 Å². The van der Waals surface area contributed by atoms with Crippen LogP contribution >= 0.6 is 23.1 Å². The van der Waals surface area contributed by atoms with Crippen molar-refractivity contribution in [3.8, 4) is 0 Å². The first-order chi connectivity index (χ1) is 12.5. The molecule has 6 nitrogen and oxygen atoms in total. The van der Waals surface area contributed by atoms with Gasteiger partial charge in [-0.1, -0.05) is 23.9 Å². The highest BCUT2D eigenvalue weighted by Crippen LogP contribution is 2.28. The average Bonchev–Trinajstić information content (AvgIpc) is 3.06. The fraction of sp³-hybridized carbons (Fsp3) is 0.188. The molecule has 0 aliphatic heterocycles. The second kappa shape index (κ2) is 7.83. The van der Waals surface area contributed by atoms with Crippen LogP contribution in [-0.2, 0) is 6.54 Å². The van der Waals surface area contributed by atoms with E-state index in [0.29, 0.717) is 10.2 Å². The minimum absolute atomic E-state index is 0.00633. The molecule has 26 heavy (non-hydrogen) atoms. The van der Waals surface area contributed by atoms with Gasteiger partial charge in [0, 0.05) is 18.0 Å². The van der Waals surface area contributed by atoms with E-state index in [1.54, 1.807) is 23.6 Å². The molecular weight excluding hydrogens is 384 g/mol. The van der Waals surface area contributed by atoms with Gasteiger partial charge in [-0.15, -0.1) is 11.3 Å². The lowest BCUT2D eigenvalue weighted by Gasteiger charge is -2.10. The third-order valence-electron chi connectivity index (χ3n) is 3.56. The molecule has 0 aliphatic rings. The number of nitrogens with zero attached hydrogens (tertiary/aromatic N) is 1. The normalized spacial score (nSPS) is 11.2. The van der Waals surface area contributed by atoms with Crippen molar-refractivity contribution in [3.05, 3.63) is 62.1 Å². The van der Waals surface area contributed by atoms with E-state index < -0.39 is 22.9 Å². The molecule has 2 N–H and O–H groups in total. The third-order valence-corrected chi connectivity index (χ3v) is 5.25. The van der Waals surface area contributed by atoms with Crippen molar-refractivity contribution in [2.24, 2.45) is 0 Å². The molecule has 1 amide bonds. The number of nitrogens with one attached hydrogen (secondary N) is 2. The number of aromatic nitrogens is 2. The van der Waals surface area contributed by atoms with E-state index >= 15 is 0 Å². The third kappa shape index (κ3) is 3.86. The van der Waals surface area contributed by atoms with Crippen LogP contribution < -0.4 is 16.6 Å². The number of amides is 1. The number of benzene rings is 1. The van der Waals surface area contributed by atoms with Crippen LogP contribution in [0.3, 0.4) is 0 Å². The minimum atomic E-state index is -2.64. The van der Waals surface area contributed by atoms with Crippen LogP contribution in [0.15, 0.2) is 50.2 Å². The van der Waals surface area contributed by atoms with E-state index in [4.69, 9.17) is 0 Å². The number of thiophene rings is 1. The number of fused-ring (bicyclic) bond motifs is 1. The van der Waals surface area contributed by atoms with Crippen molar-refractivity contribution in [2.45, 2.75) is 17.2 Å². The summed E-state index contributed by atoms with van der Waals surface area (Å²) in [5.41, 5.74) is -0.401. The number of alkyl halides is 2. The molecule has 0 spiro atoms. The van der Waals surface area contributed by atoms with Gasteiger partial charge >= 0.3 is 5.69 Å². The minimum Gasteiger partial charge on any atom is -0.350 e. The Balaban J connectivity index is 1.72. The van der Waals surface area contributed by atoms with Crippen LogP contribution in [-0.4, -0.2) is 27.8 Å². The van der Waals surface area contributed by atoms with Gasteiger partial charge in [-0.05, 0) is 23.6 Å². The number of hydrogen-bond acceptors (Lipinski definition) is 5. The maximum Gasteiger partial charge on any atom is 0.328 e. The number of halogens is 2.